The van der Waals surface area contributed by atoms with Crippen LogP contribution in [0.2, 0.25) is 0 Å². The van der Waals surface area contributed by atoms with Gasteiger partial charge in [0.15, 0.2) is 0 Å². The van der Waals surface area contributed by atoms with Crippen molar-refractivity contribution in [3.8, 4) is 0 Å². The summed E-state index contributed by atoms with van der Waals surface area (Å²) in [5.41, 5.74) is 7.80. The first-order valence-corrected chi connectivity index (χ1v) is 6.65. The smallest absolute Gasteiger partial charge is 0.0386 e. The number of nitrogen functional groups attached to an aromatic ring is 1. The largest absolute Gasteiger partial charge is 0.399 e. The van der Waals surface area contributed by atoms with Crippen LogP contribution < -0.4 is 10.6 Å². The molecule has 0 spiro atoms. The van der Waals surface area contributed by atoms with E-state index in [1.807, 2.05) is 29.5 Å². The number of anilines is 2. The quantitative estimate of drug-likeness (QED) is 0.838. The maximum absolute atomic E-state index is 5.81. The van der Waals surface area contributed by atoms with Crippen LogP contribution in [0.25, 0.3) is 0 Å². The molecule has 0 fully saturated rings. The third kappa shape index (κ3) is 3.01. The monoisotopic (exact) mass is 246 g/mol. The molecule has 1 atom stereocenters. The highest BCUT2D eigenvalue weighted by atomic mass is 32.1. The molecule has 17 heavy (non-hydrogen) atoms. The highest BCUT2D eigenvalue weighted by Crippen LogP contribution is 2.21. The fraction of sp³-hybridized carbons (Fsp3) is 0.286. The van der Waals surface area contributed by atoms with Gasteiger partial charge < -0.3 is 10.6 Å². The molecule has 90 valence electrons. The molecule has 0 amide bonds. The molecule has 2 nitrogen and oxygen atoms in total. The molecule has 0 aliphatic carbocycles. The van der Waals surface area contributed by atoms with E-state index in [1.165, 1.54) is 10.6 Å². The van der Waals surface area contributed by atoms with E-state index in [-0.39, 0.29) is 0 Å². The minimum atomic E-state index is 0.468. The van der Waals surface area contributed by atoms with E-state index >= 15 is 0 Å². The second-order valence-corrected chi connectivity index (χ2v) is 5.37. The van der Waals surface area contributed by atoms with Crippen molar-refractivity contribution in [2.45, 2.75) is 19.4 Å². The minimum Gasteiger partial charge on any atom is -0.399 e. The van der Waals surface area contributed by atoms with Crippen molar-refractivity contribution in [1.29, 1.82) is 0 Å². The van der Waals surface area contributed by atoms with Gasteiger partial charge in [0.2, 0.25) is 0 Å². The molecule has 1 heterocycles. The zero-order valence-electron chi connectivity index (χ0n) is 10.3. The lowest BCUT2D eigenvalue weighted by molar-refractivity contribution is 0.688. The van der Waals surface area contributed by atoms with Crippen LogP contribution in [0.4, 0.5) is 11.4 Å². The second-order valence-electron chi connectivity index (χ2n) is 4.34. The Kier molecular flexibility index (Phi) is 3.69. The summed E-state index contributed by atoms with van der Waals surface area (Å²) in [5, 5.41) is 2.13. The van der Waals surface area contributed by atoms with E-state index in [9.17, 15) is 0 Å². The summed E-state index contributed by atoms with van der Waals surface area (Å²) in [4.78, 5) is 3.70. The van der Waals surface area contributed by atoms with E-state index in [2.05, 4.69) is 42.5 Å². The van der Waals surface area contributed by atoms with Crippen LogP contribution in [-0.4, -0.2) is 13.1 Å². The normalized spacial score (nSPS) is 12.4. The van der Waals surface area contributed by atoms with Crippen LogP contribution >= 0.6 is 11.3 Å². The van der Waals surface area contributed by atoms with Crippen molar-refractivity contribution in [3.05, 3.63) is 46.7 Å². The lowest BCUT2D eigenvalue weighted by Crippen LogP contribution is -2.30. The fourth-order valence-electron chi connectivity index (χ4n) is 1.86. The van der Waals surface area contributed by atoms with Crippen molar-refractivity contribution in [2.24, 2.45) is 0 Å². The van der Waals surface area contributed by atoms with Crippen LogP contribution in [0.15, 0.2) is 41.8 Å². The Morgan fingerprint density at radius 2 is 2.12 bits per heavy atom. The van der Waals surface area contributed by atoms with Gasteiger partial charge in [0.25, 0.3) is 0 Å². The first kappa shape index (κ1) is 12.0. The highest BCUT2D eigenvalue weighted by molar-refractivity contribution is 7.09. The van der Waals surface area contributed by atoms with Gasteiger partial charge in [-0.05, 0) is 36.6 Å². The lowest BCUT2D eigenvalue weighted by atomic mass is 10.1. The standard InChI is InChI=1S/C14H18N2S/c1-11(9-14-7-4-8-17-14)16(2)13-6-3-5-12(15)10-13/h3-8,10-11H,9,15H2,1-2H3. The van der Waals surface area contributed by atoms with Gasteiger partial charge in [-0.2, -0.15) is 0 Å². The summed E-state index contributed by atoms with van der Waals surface area (Å²) in [6, 6.07) is 12.8. The van der Waals surface area contributed by atoms with Crippen LogP contribution in [0.1, 0.15) is 11.8 Å². The lowest BCUT2D eigenvalue weighted by Gasteiger charge is -2.27. The second kappa shape index (κ2) is 5.23. The Morgan fingerprint density at radius 3 is 2.76 bits per heavy atom. The number of hydrogen-bond donors (Lipinski definition) is 1. The van der Waals surface area contributed by atoms with E-state index < -0.39 is 0 Å². The van der Waals surface area contributed by atoms with Crippen LogP contribution in [0, 0.1) is 0 Å². The summed E-state index contributed by atoms with van der Waals surface area (Å²) < 4.78 is 0. The minimum absolute atomic E-state index is 0.468. The fourth-order valence-corrected chi connectivity index (χ4v) is 2.68. The van der Waals surface area contributed by atoms with E-state index in [0.29, 0.717) is 6.04 Å². The number of hydrogen-bond acceptors (Lipinski definition) is 3. The Labute approximate surface area is 107 Å². The van der Waals surface area contributed by atoms with Gasteiger partial charge in [0, 0.05) is 35.8 Å². The first-order valence-electron chi connectivity index (χ1n) is 5.77. The maximum atomic E-state index is 5.81. The predicted molar refractivity (Wildman–Crippen MR) is 76.7 cm³/mol. The molecule has 0 bridgehead atoms. The van der Waals surface area contributed by atoms with Crippen molar-refractivity contribution in [3.63, 3.8) is 0 Å². The Hall–Kier alpha value is -1.48. The molecule has 0 aliphatic rings. The van der Waals surface area contributed by atoms with E-state index in [0.717, 1.165) is 12.1 Å². The third-order valence-corrected chi connectivity index (χ3v) is 3.91. The van der Waals surface area contributed by atoms with E-state index in [4.69, 9.17) is 5.73 Å². The van der Waals surface area contributed by atoms with Gasteiger partial charge in [0.1, 0.15) is 0 Å². The molecule has 0 aliphatic heterocycles. The highest BCUT2D eigenvalue weighted by Gasteiger charge is 2.11. The van der Waals surface area contributed by atoms with Crippen LogP contribution in [0.5, 0.6) is 0 Å². The zero-order chi connectivity index (χ0) is 12.3. The van der Waals surface area contributed by atoms with E-state index in [1.54, 1.807) is 0 Å². The van der Waals surface area contributed by atoms with Crippen molar-refractivity contribution >= 4 is 22.7 Å². The van der Waals surface area contributed by atoms with Crippen molar-refractivity contribution in [2.75, 3.05) is 17.7 Å². The number of rotatable bonds is 4. The summed E-state index contributed by atoms with van der Waals surface area (Å²) in [6.07, 6.45) is 1.07. The van der Waals surface area contributed by atoms with Gasteiger partial charge in [-0.15, -0.1) is 11.3 Å². The summed E-state index contributed by atoms with van der Waals surface area (Å²) >= 11 is 1.82. The first-order chi connectivity index (χ1) is 8.16. The average molecular weight is 246 g/mol. The molecular formula is C14H18N2S. The summed E-state index contributed by atoms with van der Waals surface area (Å²) in [5.74, 6) is 0. The zero-order valence-corrected chi connectivity index (χ0v) is 11.1. The van der Waals surface area contributed by atoms with Gasteiger partial charge >= 0.3 is 0 Å². The Balaban J connectivity index is 2.06. The molecule has 1 unspecified atom stereocenters. The Morgan fingerprint density at radius 1 is 1.29 bits per heavy atom. The summed E-state index contributed by atoms with van der Waals surface area (Å²) in [7, 11) is 2.12. The van der Waals surface area contributed by atoms with Crippen LogP contribution in [0.3, 0.4) is 0 Å². The van der Waals surface area contributed by atoms with Gasteiger partial charge in [-0.25, -0.2) is 0 Å². The molecule has 2 N–H and O–H groups in total. The van der Waals surface area contributed by atoms with Crippen molar-refractivity contribution in [1.82, 2.24) is 0 Å². The third-order valence-electron chi connectivity index (χ3n) is 3.02. The summed E-state index contributed by atoms with van der Waals surface area (Å²) in [6.45, 7) is 2.24. The van der Waals surface area contributed by atoms with Crippen LogP contribution in [-0.2, 0) is 6.42 Å². The topological polar surface area (TPSA) is 29.3 Å². The number of nitrogens with two attached hydrogens (primary N) is 1. The molecule has 1 aromatic heterocycles. The number of nitrogens with zero attached hydrogens (tertiary/aromatic N) is 1. The molecule has 2 aromatic rings. The maximum Gasteiger partial charge on any atom is 0.0386 e. The van der Waals surface area contributed by atoms with Crippen molar-refractivity contribution < 1.29 is 0 Å². The Bertz CT molecular complexity index is 465. The predicted octanol–water partition coefficient (Wildman–Crippen LogP) is 3.40. The molecule has 0 saturated heterocycles. The molecule has 0 saturated carbocycles. The van der Waals surface area contributed by atoms with Gasteiger partial charge in [-0.1, -0.05) is 12.1 Å². The molecule has 2 rings (SSSR count). The number of likely N-dealkylation sites (N-methyl/N-ethyl adjacent to an activating group) is 1. The molecule has 1 aromatic carbocycles. The average Bonchev–Trinajstić information content (AvgIpc) is 2.80. The molecular weight excluding hydrogens is 228 g/mol. The molecule has 0 radical (unpaired) electrons. The number of benzene rings is 1. The number of thiophene rings is 1. The van der Waals surface area contributed by atoms with Gasteiger partial charge in [-0.3, -0.25) is 0 Å². The SMILES string of the molecule is CC(Cc1cccs1)N(C)c1cccc(N)c1. The van der Waals surface area contributed by atoms with Gasteiger partial charge in [0.05, 0.1) is 0 Å². The molecule has 3 heteroatoms.